The third-order valence-electron chi connectivity index (χ3n) is 1.59. The summed E-state index contributed by atoms with van der Waals surface area (Å²) < 4.78 is 37.1. The Kier molecular flexibility index (Phi) is 5.48. The molecule has 80 valence electrons. The Morgan fingerprint density at radius 3 is 2.29 bits per heavy atom. The van der Waals surface area contributed by atoms with Crippen LogP contribution in [0.5, 0.6) is 0 Å². The first kappa shape index (κ1) is 13.7. The third kappa shape index (κ3) is 3.15. The molecule has 0 aliphatic carbocycles. The van der Waals surface area contributed by atoms with Crippen LogP contribution in [0.2, 0.25) is 0 Å². The number of alkyl halides is 2. The van der Waals surface area contributed by atoms with Crippen LogP contribution in [0.15, 0.2) is 22.7 Å². The lowest BCUT2D eigenvalue weighted by molar-refractivity contribution is 0.116. The Bertz CT molecular complexity index is 309. The van der Waals surface area contributed by atoms with Gasteiger partial charge in [0, 0.05) is 4.47 Å². The smallest absolute Gasteiger partial charge is 0.257 e. The summed E-state index contributed by atoms with van der Waals surface area (Å²) in [5.74, 6) is -0.489. The van der Waals surface area contributed by atoms with Crippen molar-refractivity contribution in [3.63, 3.8) is 0 Å². The standard InChI is InChI=1S/C8H7BrF3N.ClH/c9-6-3-4(10)1-2-5(6)7(13)8(11)12;/h1-3,7-8H,13H2;1H/t7-;/m1./s1. The summed E-state index contributed by atoms with van der Waals surface area (Å²) in [6.45, 7) is 0. The van der Waals surface area contributed by atoms with Crippen LogP contribution < -0.4 is 5.73 Å². The first-order chi connectivity index (χ1) is 6.02. The lowest BCUT2D eigenvalue weighted by atomic mass is 10.1. The Morgan fingerprint density at radius 2 is 1.86 bits per heavy atom. The molecule has 0 saturated carbocycles. The highest BCUT2D eigenvalue weighted by Gasteiger charge is 2.19. The summed E-state index contributed by atoms with van der Waals surface area (Å²) in [5.41, 5.74) is 5.39. The molecule has 0 unspecified atom stereocenters. The van der Waals surface area contributed by atoms with Crippen molar-refractivity contribution in [1.29, 1.82) is 0 Å². The molecular weight excluding hydrogens is 282 g/mol. The van der Waals surface area contributed by atoms with Crippen LogP contribution in [0.25, 0.3) is 0 Å². The van der Waals surface area contributed by atoms with Crippen LogP contribution in [0, 0.1) is 5.82 Å². The molecular formula is C8H8BrClF3N. The summed E-state index contributed by atoms with van der Waals surface area (Å²) in [7, 11) is 0. The minimum absolute atomic E-state index is 0. The van der Waals surface area contributed by atoms with Gasteiger partial charge < -0.3 is 5.73 Å². The van der Waals surface area contributed by atoms with Gasteiger partial charge in [-0.15, -0.1) is 12.4 Å². The first-order valence-electron chi connectivity index (χ1n) is 3.51. The molecule has 14 heavy (non-hydrogen) atoms. The fourth-order valence-electron chi connectivity index (χ4n) is 0.908. The van der Waals surface area contributed by atoms with E-state index < -0.39 is 18.3 Å². The second-order valence-electron chi connectivity index (χ2n) is 2.53. The lowest BCUT2D eigenvalue weighted by Crippen LogP contribution is -2.19. The molecule has 2 N–H and O–H groups in total. The van der Waals surface area contributed by atoms with Gasteiger partial charge in [-0.1, -0.05) is 22.0 Å². The molecule has 0 radical (unpaired) electrons. The van der Waals surface area contributed by atoms with Crippen molar-refractivity contribution >= 4 is 28.3 Å². The van der Waals surface area contributed by atoms with Gasteiger partial charge in [-0.25, -0.2) is 13.2 Å². The molecule has 0 fully saturated rings. The normalized spacial score (nSPS) is 12.4. The number of hydrogen-bond acceptors (Lipinski definition) is 1. The monoisotopic (exact) mass is 289 g/mol. The highest BCUT2D eigenvalue weighted by molar-refractivity contribution is 9.10. The lowest BCUT2D eigenvalue weighted by Gasteiger charge is -2.12. The molecule has 6 heteroatoms. The molecule has 0 bridgehead atoms. The van der Waals surface area contributed by atoms with Crippen LogP contribution in [-0.4, -0.2) is 6.43 Å². The highest BCUT2D eigenvalue weighted by atomic mass is 79.9. The summed E-state index contributed by atoms with van der Waals surface area (Å²) in [6.07, 6.45) is -2.65. The summed E-state index contributed by atoms with van der Waals surface area (Å²) >= 11 is 2.96. The highest BCUT2D eigenvalue weighted by Crippen LogP contribution is 2.26. The van der Waals surface area contributed by atoms with E-state index in [9.17, 15) is 13.2 Å². The van der Waals surface area contributed by atoms with Gasteiger partial charge in [0.2, 0.25) is 0 Å². The molecule has 1 atom stereocenters. The average Bonchev–Trinajstić information content (AvgIpc) is 2.03. The zero-order chi connectivity index (χ0) is 10.0. The number of rotatable bonds is 2. The van der Waals surface area contributed by atoms with Crippen molar-refractivity contribution in [1.82, 2.24) is 0 Å². The van der Waals surface area contributed by atoms with E-state index in [1.807, 2.05) is 0 Å². The maximum atomic E-state index is 12.6. The van der Waals surface area contributed by atoms with Crippen molar-refractivity contribution in [2.24, 2.45) is 5.73 Å². The van der Waals surface area contributed by atoms with Gasteiger partial charge in [-0.3, -0.25) is 0 Å². The predicted octanol–water partition coefficient (Wildman–Crippen LogP) is 3.27. The van der Waals surface area contributed by atoms with E-state index >= 15 is 0 Å². The van der Waals surface area contributed by atoms with Crippen LogP contribution in [0.3, 0.4) is 0 Å². The number of halogens is 5. The van der Waals surface area contributed by atoms with Crippen LogP contribution in [0.1, 0.15) is 11.6 Å². The second-order valence-corrected chi connectivity index (χ2v) is 3.38. The van der Waals surface area contributed by atoms with Gasteiger partial charge in [0.1, 0.15) is 5.82 Å². The molecule has 0 saturated heterocycles. The molecule has 0 heterocycles. The molecule has 0 amide bonds. The van der Waals surface area contributed by atoms with E-state index in [2.05, 4.69) is 15.9 Å². The van der Waals surface area contributed by atoms with E-state index in [1.165, 1.54) is 6.07 Å². The van der Waals surface area contributed by atoms with Gasteiger partial charge in [-0.2, -0.15) is 0 Å². The number of hydrogen-bond donors (Lipinski definition) is 1. The van der Waals surface area contributed by atoms with Crippen molar-refractivity contribution in [2.45, 2.75) is 12.5 Å². The summed E-state index contributed by atoms with van der Waals surface area (Å²) in [4.78, 5) is 0. The van der Waals surface area contributed by atoms with Gasteiger partial charge in [0.05, 0.1) is 6.04 Å². The third-order valence-corrected chi connectivity index (χ3v) is 2.28. The molecule has 0 aliphatic rings. The SMILES string of the molecule is Cl.N[C@H](c1ccc(F)cc1Br)C(F)F. The van der Waals surface area contributed by atoms with E-state index in [-0.39, 0.29) is 22.4 Å². The van der Waals surface area contributed by atoms with E-state index in [1.54, 1.807) is 0 Å². The van der Waals surface area contributed by atoms with Crippen molar-refractivity contribution in [2.75, 3.05) is 0 Å². The minimum Gasteiger partial charge on any atom is -0.319 e. The Morgan fingerprint density at radius 1 is 1.29 bits per heavy atom. The van der Waals surface area contributed by atoms with E-state index in [0.717, 1.165) is 12.1 Å². The fraction of sp³-hybridized carbons (Fsp3) is 0.250. The molecule has 0 aromatic heterocycles. The van der Waals surface area contributed by atoms with Crippen LogP contribution in [0.4, 0.5) is 13.2 Å². The van der Waals surface area contributed by atoms with E-state index in [0.29, 0.717) is 0 Å². The Labute approximate surface area is 94.0 Å². The zero-order valence-corrected chi connectivity index (χ0v) is 9.29. The van der Waals surface area contributed by atoms with Gasteiger partial charge in [0.25, 0.3) is 6.43 Å². The minimum atomic E-state index is -2.65. The largest absolute Gasteiger partial charge is 0.319 e. The molecule has 1 rings (SSSR count). The van der Waals surface area contributed by atoms with Crippen molar-refractivity contribution in [3.05, 3.63) is 34.1 Å². The molecule has 1 aromatic rings. The van der Waals surface area contributed by atoms with Gasteiger partial charge in [0.15, 0.2) is 0 Å². The average molecular weight is 291 g/mol. The second kappa shape index (κ2) is 5.58. The van der Waals surface area contributed by atoms with Crippen LogP contribution in [-0.2, 0) is 0 Å². The topological polar surface area (TPSA) is 26.0 Å². The van der Waals surface area contributed by atoms with Crippen molar-refractivity contribution in [3.8, 4) is 0 Å². The first-order valence-corrected chi connectivity index (χ1v) is 4.30. The Balaban J connectivity index is 0.00000169. The molecule has 1 nitrogen and oxygen atoms in total. The molecule has 0 spiro atoms. The predicted molar refractivity (Wildman–Crippen MR) is 54.3 cm³/mol. The number of benzene rings is 1. The molecule has 0 aliphatic heterocycles. The summed E-state index contributed by atoms with van der Waals surface area (Å²) in [6, 6.07) is 2.07. The summed E-state index contributed by atoms with van der Waals surface area (Å²) in [5, 5.41) is 0. The number of nitrogens with two attached hydrogens (primary N) is 1. The Hall–Kier alpha value is -0.260. The quantitative estimate of drug-likeness (QED) is 0.889. The van der Waals surface area contributed by atoms with Gasteiger partial charge in [-0.05, 0) is 17.7 Å². The zero-order valence-electron chi connectivity index (χ0n) is 6.88. The van der Waals surface area contributed by atoms with Gasteiger partial charge >= 0.3 is 0 Å². The fourth-order valence-corrected chi connectivity index (χ4v) is 1.52. The van der Waals surface area contributed by atoms with Crippen LogP contribution >= 0.6 is 28.3 Å². The van der Waals surface area contributed by atoms with Crippen molar-refractivity contribution < 1.29 is 13.2 Å². The molecule has 1 aromatic carbocycles. The van der Waals surface area contributed by atoms with E-state index in [4.69, 9.17) is 5.73 Å². The maximum Gasteiger partial charge on any atom is 0.257 e. The maximum absolute atomic E-state index is 12.6.